The number of benzene rings is 1. The first-order valence-corrected chi connectivity index (χ1v) is 9.51. The fraction of sp³-hybridized carbons (Fsp3) is 0.286. The van der Waals surface area contributed by atoms with E-state index in [9.17, 15) is 4.79 Å². The minimum Gasteiger partial charge on any atom is -0.455 e. The number of morpholine rings is 1. The van der Waals surface area contributed by atoms with Gasteiger partial charge in [-0.15, -0.1) is 0 Å². The van der Waals surface area contributed by atoms with Crippen LogP contribution in [0.2, 0.25) is 5.02 Å². The number of aromatic nitrogens is 2. The molecule has 1 saturated heterocycles. The summed E-state index contributed by atoms with van der Waals surface area (Å²) in [5.74, 6) is 0.374. The van der Waals surface area contributed by atoms with Crippen LogP contribution in [0.4, 0.5) is 5.82 Å². The third-order valence-corrected chi connectivity index (χ3v) is 5.31. The number of fused-ring (bicyclic) bond motifs is 1. The van der Waals surface area contributed by atoms with E-state index in [-0.39, 0.29) is 6.61 Å². The van der Waals surface area contributed by atoms with Crippen LogP contribution in [0.5, 0.6) is 0 Å². The second-order valence-electron chi connectivity index (χ2n) is 6.60. The van der Waals surface area contributed by atoms with Crippen LogP contribution >= 0.6 is 11.6 Å². The van der Waals surface area contributed by atoms with Gasteiger partial charge in [-0.05, 0) is 30.7 Å². The molecule has 0 saturated carbocycles. The summed E-state index contributed by atoms with van der Waals surface area (Å²) in [4.78, 5) is 23.4. The molecule has 0 N–H and O–H groups in total. The SMILES string of the molecule is Cc1c(Cl)c(COC(=O)c2ccc(N3CCOCC3)nc2)nc2ccccc12. The molecule has 28 heavy (non-hydrogen) atoms. The number of pyridine rings is 2. The maximum Gasteiger partial charge on any atom is 0.340 e. The van der Waals surface area contributed by atoms with Gasteiger partial charge in [-0.2, -0.15) is 0 Å². The standard InChI is InChI=1S/C21H20ClN3O3/c1-14-16-4-2-3-5-17(16)24-18(20(14)22)13-28-21(26)15-6-7-19(23-12-15)25-8-10-27-11-9-25/h2-7,12H,8-11,13H2,1H3. The summed E-state index contributed by atoms with van der Waals surface area (Å²) >= 11 is 6.43. The summed E-state index contributed by atoms with van der Waals surface area (Å²) in [5.41, 5.74) is 2.69. The van der Waals surface area contributed by atoms with E-state index in [0.717, 1.165) is 35.4 Å². The minimum absolute atomic E-state index is 0.00849. The second kappa shape index (κ2) is 8.12. The van der Waals surface area contributed by atoms with Crippen molar-refractivity contribution in [3.63, 3.8) is 0 Å². The molecule has 1 fully saturated rings. The molecule has 2 aromatic heterocycles. The van der Waals surface area contributed by atoms with Crippen molar-refractivity contribution in [1.82, 2.24) is 9.97 Å². The lowest BCUT2D eigenvalue weighted by Crippen LogP contribution is -2.36. The van der Waals surface area contributed by atoms with Gasteiger partial charge in [-0.3, -0.25) is 0 Å². The quantitative estimate of drug-likeness (QED) is 0.624. The molecule has 0 unspecified atom stereocenters. The van der Waals surface area contributed by atoms with Crippen LogP contribution in [0.3, 0.4) is 0 Å². The molecule has 0 atom stereocenters. The summed E-state index contributed by atoms with van der Waals surface area (Å²) in [6.45, 7) is 4.90. The van der Waals surface area contributed by atoms with Crippen LogP contribution in [0.25, 0.3) is 10.9 Å². The van der Waals surface area contributed by atoms with Crippen LogP contribution in [-0.4, -0.2) is 42.2 Å². The van der Waals surface area contributed by atoms with E-state index >= 15 is 0 Å². The third-order valence-electron chi connectivity index (χ3n) is 4.80. The monoisotopic (exact) mass is 397 g/mol. The fourth-order valence-electron chi connectivity index (χ4n) is 3.22. The van der Waals surface area contributed by atoms with Crippen molar-refractivity contribution in [2.24, 2.45) is 0 Å². The molecule has 0 amide bonds. The molecule has 1 aliphatic heterocycles. The molecule has 6 nitrogen and oxygen atoms in total. The summed E-state index contributed by atoms with van der Waals surface area (Å²) in [7, 11) is 0. The summed E-state index contributed by atoms with van der Waals surface area (Å²) in [5, 5.41) is 1.51. The highest BCUT2D eigenvalue weighted by molar-refractivity contribution is 6.32. The second-order valence-corrected chi connectivity index (χ2v) is 6.97. The lowest BCUT2D eigenvalue weighted by molar-refractivity contribution is 0.0467. The van der Waals surface area contributed by atoms with E-state index < -0.39 is 5.97 Å². The Bertz CT molecular complexity index is 1000. The Morgan fingerprint density at radius 3 is 2.75 bits per heavy atom. The van der Waals surface area contributed by atoms with Gasteiger partial charge in [-0.25, -0.2) is 14.8 Å². The maximum absolute atomic E-state index is 12.4. The maximum atomic E-state index is 12.4. The van der Waals surface area contributed by atoms with Gasteiger partial charge in [0.15, 0.2) is 0 Å². The first-order valence-electron chi connectivity index (χ1n) is 9.13. The molecule has 0 spiro atoms. The predicted molar refractivity (Wildman–Crippen MR) is 108 cm³/mol. The number of halogens is 1. The summed E-state index contributed by atoms with van der Waals surface area (Å²) < 4.78 is 10.8. The molecular weight excluding hydrogens is 378 g/mol. The van der Waals surface area contributed by atoms with Crippen molar-refractivity contribution in [3.05, 3.63) is 64.4 Å². The number of carbonyl (C=O) groups is 1. The highest BCUT2D eigenvalue weighted by Crippen LogP contribution is 2.27. The number of carbonyl (C=O) groups excluding carboxylic acids is 1. The first-order chi connectivity index (χ1) is 13.6. The minimum atomic E-state index is -0.454. The summed E-state index contributed by atoms with van der Waals surface area (Å²) in [6.07, 6.45) is 1.54. The molecule has 3 heterocycles. The number of ether oxygens (including phenoxy) is 2. The smallest absolute Gasteiger partial charge is 0.340 e. The van der Waals surface area contributed by atoms with Crippen LogP contribution in [-0.2, 0) is 16.1 Å². The van der Waals surface area contributed by atoms with E-state index in [4.69, 9.17) is 21.1 Å². The average Bonchev–Trinajstić information content (AvgIpc) is 2.76. The zero-order valence-electron chi connectivity index (χ0n) is 15.5. The average molecular weight is 398 g/mol. The third kappa shape index (κ3) is 3.79. The molecule has 3 aromatic rings. The highest BCUT2D eigenvalue weighted by Gasteiger charge is 2.16. The van der Waals surface area contributed by atoms with Crippen LogP contribution in [0, 0.1) is 6.92 Å². The lowest BCUT2D eigenvalue weighted by atomic mass is 10.1. The Balaban J connectivity index is 1.45. The molecule has 4 rings (SSSR count). The number of esters is 1. The Kier molecular flexibility index (Phi) is 5.41. The van der Waals surface area contributed by atoms with E-state index in [1.165, 1.54) is 6.20 Å². The molecule has 0 aliphatic carbocycles. The van der Waals surface area contributed by atoms with Gasteiger partial charge < -0.3 is 14.4 Å². The molecule has 1 aliphatic rings. The van der Waals surface area contributed by atoms with Gasteiger partial charge in [0.1, 0.15) is 12.4 Å². The number of nitrogens with zero attached hydrogens (tertiary/aromatic N) is 3. The Morgan fingerprint density at radius 2 is 2.00 bits per heavy atom. The van der Waals surface area contributed by atoms with Crippen LogP contribution in [0.15, 0.2) is 42.6 Å². The zero-order chi connectivity index (χ0) is 19.5. The topological polar surface area (TPSA) is 64.5 Å². The number of hydrogen-bond donors (Lipinski definition) is 0. The van der Waals surface area contributed by atoms with E-state index in [2.05, 4.69) is 14.9 Å². The van der Waals surface area contributed by atoms with E-state index in [0.29, 0.717) is 29.5 Å². The van der Waals surface area contributed by atoms with Crippen molar-refractivity contribution in [3.8, 4) is 0 Å². The van der Waals surface area contributed by atoms with Crippen molar-refractivity contribution in [1.29, 1.82) is 0 Å². The molecule has 144 valence electrons. The number of aryl methyl sites for hydroxylation is 1. The van der Waals surface area contributed by atoms with Crippen molar-refractivity contribution in [2.45, 2.75) is 13.5 Å². The zero-order valence-corrected chi connectivity index (χ0v) is 16.3. The fourth-order valence-corrected chi connectivity index (χ4v) is 3.42. The van der Waals surface area contributed by atoms with Crippen molar-refractivity contribution in [2.75, 3.05) is 31.2 Å². The molecule has 7 heteroatoms. The number of anilines is 1. The molecular formula is C21H20ClN3O3. The molecule has 0 bridgehead atoms. The molecule has 1 aromatic carbocycles. The number of rotatable bonds is 4. The van der Waals surface area contributed by atoms with Gasteiger partial charge in [0.2, 0.25) is 0 Å². The first kappa shape index (κ1) is 18.7. The van der Waals surface area contributed by atoms with Crippen LogP contribution in [0.1, 0.15) is 21.6 Å². The van der Waals surface area contributed by atoms with Gasteiger partial charge in [0, 0.05) is 24.7 Å². The van der Waals surface area contributed by atoms with Gasteiger partial charge in [-0.1, -0.05) is 29.8 Å². The number of para-hydroxylation sites is 1. The Morgan fingerprint density at radius 1 is 1.21 bits per heavy atom. The van der Waals surface area contributed by atoms with Gasteiger partial charge in [0.25, 0.3) is 0 Å². The highest BCUT2D eigenvalue weighted by atomic mass is 35.5. The lowest BCUT2D eigenvalue weighted by Gasteiger charge is -2.27. The summed E-state index contributed by atoms with van der Waals surface area (Å²) in [6, 6.07) is 11.3. The largest absolute Gasteiger partial charge is 0.455 e. The van der Waals surface area contributed by atoms with E-state index in [1.807, 2.05) is 37.3 Å². The van der Waals surface area contributed by atoms with Crippen molar-refractivity contribution >= 4 is 34.3 Å². The molecule has 0 radical (unpaired) electrons. The Labute approximate surface area is 168 Å². The predicted octanol–water partition coefficient (Wildman–Crippen LogP) is 3.79. The van der Waals surface area contributed by atoms with Crippen LogP contribution < -0.4 is 4.90 Å². The van der Waals surface area contributed by atoms with E-state index in [1.54, 1.807) is 6.07 Å². The van der Waals surface area contributed by atoms with Gasteiger partial charge >= 0.3 is 5.97 Å². The number of hydrogen-bond acceptors (Lipinski definition) is 6. The normalized spacial score (nSPS) is 14.3. The van der Waals surface area contributed by atoms with Crippen molar-refractivity contribution < 1.29 is 14.3 Å². The van der Waals surface area contributed by atoms with Gasteiger partial charge in [0.05, 0.1) is 35.0 Å². The Hall–Kier alpha value is -2.70.